The highest BCUT2D eigenvalue weighted by Gasteiger charge is 2.12. The molecule has 0 bridgehead atoms. The van der Waals surface area contributed by atoms with Crippen molar-refractivity contribution in [1.82, 2.24) is 9.88 Å². The number of carbonyl (C=O) groups is 1. The minimum Gasteiger partial charge on any atom is -0.492 e. The SMILES string of the molecule is Cc1ccc(OCCN(C)C(=O)c2cscn2)cc1. The van der Waals surface area contributed by atoms with Gasteiger partial charge in [0.25, 0.3) is 5.91 Å². The Bertz CT molecular complexity index is 523. The van der Waals surface area contributed by atoms with Crippen LogP contribution in [-0.4, -0.2) is 36.0 Å². The molecule has 5 heteroatoms. The molecule has 0 radical (unpaired) electrons. The molecule has 0 unspecified atom stereocenters. The molecule has 1 heterocycles. The Kier molecular flexibility index (Phi) is 4.52. The molecule has 0 atom stereocenters. The first-order chi connectivity index (χ1) is 9.16. The molecule has 0 saturated carbocycles. The number of ether oxygens (including phenoxy) is 1. The fourth-order valence-corrected chi connectivity index (χ4v) is 2.08. The molecule has 0 aliphatic heterocycles. The Labute approximate surface area is 116 Å². The fourth-order valence-electron chi connectivity index (χ4n) is 1.55. The first kappa shape index (κ1) is 13.5. The van der Waals surface area contributed by atoms with Gasteiger partial charge in [-0.15, -0.1) is 11.3 Å². The minimum absolute atomic E-state index is 0.0752. The number of benzene rings is 1. The van der Waals surface area contributed by atoms with Gasteiger partial charge < -0.3 is 9.64 Å². The lowest BCUT2D eigenvalue weighted by Gasteiger charge is -2.16. The summed E-state index contributed by atoms with van der Waals surface area (Å²) in [6.45, 7) is 3.03. The average molecular weight is 276 g/mol. The number of aryl methyl sites for hydroxylation is 1. The van der Waals surface area contributed by atoms with Crippen molar-refractivity contribution in [2.75, 3.05) is 20.2 Å². The van der Waals surface area contributed by atoms with E-state index in [0.29, 0.717) is 18.8 Å². The van der Waals surface area contributed by atoms with Crippen molar-refractivity contribution in [2.24, 2.45) is 0 Å². The molecule has 1 amide bonds. The van der Waals surface area contributed by atoms with E-state index in [-0.39, 0.29) is 5.91 Å². The molecule has 2 aromatic rings. The van der Waals surface area contributed by atoms with Gasteiger partial charge in [0, 0.05) is 12.4 Å². The van der Waals surface area contributed by atoms with Crippen molar-refractivity contribution in [1.29, 1.82) is 0 Å². The summed E-state index contributed by atoms with van der Waals surface area (Å²) in [6.07, 6.45) is 0. The van der Waals surface area contributed by atoms with E-state index in [0.717, 1.165) is 5.75 Å². The van der Waals surface area contributed by atoms with Crippen LogP contribution in [0.3, 0.4) is 0 Å². The highest BCUT2D eigenvalue weighted by Crippen LogP contribution is 2.11. The van der Waals surface area contributed by atoms with E-state index in [9.17, 15) is 4.79 Å². The maximum Gasteiger partial charge on any atom is 0.273 e. The molecule has 0 aliphatic rings. The highest BCUT2D eigenvalue weighted by molar-refractivity contribution is 7.07. The normalized spacial score (nSPS) is 10.2. The molecule has 0 spiro atoms. The maximum atomic E-state index is 11.9. The summed E-state index contributed by atoms with van der Waals surface area (Å²) in [5.74, 6) is 0.744. The van der Waals surface area contributed by atoms with Crippen molar-refractivity contribution in [3.05, 3.63) is 46.4 Å². The van der Waals surface area contributed by atoms with Crippen LogP contribution in [0.4, 0.5) is 0 Å². The van der Waals surface area contributed by atoms with Crippen LogP contribution in [0.2, 0.25) is 0 Å². The molecule has 1 aromatic heterocycles. The average Bonchev–Trinajstić information content (AvgIpc) is 2.94. The summed E-state index contributed by atoms with van der Waals surface area (Å²) in [5, 5.41) is 1.75. The molecule has 19 heavy (non-hydrogen) atoms. The summed E-state index contributed by atoms with van der Waals surface area (Å²) in [7, 11) is 1.75. The molecule has 100 valence electrons. The predicted molar refractivity (Wildman–Crippen MR) is 75.7 cm³/mol. The van der Waals surface area contributed by atoms with E-state index in [1.807, 2.05) is 31.2 Å². The molecule has 0 saturated heterocycles. The fraction of sp³-hybridized carbons (Fsp3) is 0.286. The van der Waals surface area contributed by atoms with Crippen LogP contribution in [-0.2, 0) is 0 Å². The van der Waals surface area contributed by atoms with Gasteiger partial charge in [-0.3, -0.25) is 4.79 Å². The van der Waals surface area contributed by atoms with Crippen LogP contribution < -0.4 is 4.74 Å². The molecule has 0 fully saturated rings. The standard InChI is InChI=1S/C14H16N2O2S/c1-11-3-5-12(6-4-11)18-8-7-16(2)14(17)13-9-19-10-15-13/h3-6,9-10H,7-8H2,1-2H3. The molecule has 0 aliphatic carbocycles. The zero-order valence-corrected chi connectivity index (χ0v) is 11.8. The lowest BCUT2D eigenvalue weighted by atomic mass is 10.2. The molecule has 2 rings (SSSR count). The van der Waals surface area contributed by atoms with E-state index < -0.39 is 0 Å². The van der Waals surface area contributed by atoms with E-state index in [2.05, 4.69) is 4.98 Å². The Hall–Kier alpha value is -1.88. The number of rotatable bonds is 5. The van der Waals surface area contributed by atoms with Crippen LogP contribution in [0.1, 0.15) is 16.1 Å². The van der Waals surface area contributed by atoms with Gasteiger partial charge in [0.2, 0.25) is 0 Å². The zero-order valence-electron chi connectivity index (χ0n) is 11.0. The lowest BCUT2D eigenvalue weighted by molar-refractivity contribution is 0.0769. The van der Waals surface area contributed by atoms with E-state index in [1.54, 1.807) is 22.8 Å². The van der Waals surface area contributed by atoms with Gasteiger partial charge in [0.1, 0.15) is 18.1 Å². The van der Waals surface area contributed by atoms with Crippen molar-refractivity contribution in [2.45, 2.75) is 6.92 Å². The smallest absolute Gasteiger partial charge is 0.273 e. The number of aromatic nitrogens is 1. The molecular weight excluding hydrogens is 260 g/mol. The van der Waals surface area contributed by atoms with Gasteiger partial charge in [-0.05, 0) is 19.1 Å². The minimum atomic E-state index is -0.0752. The molecule has 4 nitrogen and oxygen atoms in total. The number of nitrogens with zero attached hydrogens (tertiary/aromatic N) is 2. The quantitative estimate of drug-likeness (QED) is 0.843. The van der Waals surface area contributed by atoms with Gasteiger partial charge in [-0.2, -0.15) is 0 Å². The van der Waals surface area contributed by atoms with Gasteiger partial charge in [-0.25, -0.2) is 4.98 Å². The van der Waals surface area contributed by atoms with Gasteiger partial charge in [0.15, 0.2) is 0 Å². The lowest BCUT2D eigenvalue weighted by Crippen LogP contribution is -2.31. The second-order valence-electron chi connectivity index (χ2n) is 4.26. The molecule has 1 aromatic carbocycles. The van der Waals surface area contributed by atoms with Crippen molar-refractivity contribution < 1.29 is 9.53 Å². The first-order valence-electron chi connectivity index (χ1n) is 6.00. The summed E-state index contributed by atoms with van der Waals surface area (Å²) in [4.78, 5) is 17.5. The Morgan fingerprint density at radius 3 is 2.74 bits per heavy atom. The second-order valence-corrected chi connectivity index (χ2v) is 4.98. The van der Waals surface area contributed by atoms with Crippen LogP contribution in [0, 0.1) is 6.92 Å². The number of hydrogen-bond donors (Lipinski definition) is 0. The Morgan fingerprint density at radius 1 is 1.37 bits per heavy atom. The third kappa shape index (κ3) is 3.79. The molecular formula is C14H16N2O2S. The number of thiazole rings is 1. The first-order valence-corrected chi connectivity index (χ1v) is 6.94. The molecule has 0 N–H and O–H groups in total. The van der Waals surface area contributed by atoms with Gasteiger partial charge in [-0.1, -0.05) is 17.7 Å². The topological polar surface area (TPSA) is 42.4 Å². The van der Waals surface area contributed by atoms with Crippen LogP contribution in [0.5, 0.6) is 5.75 Å². The van der Waals surface area contributed by atoms with Crippen molar-refractivity contribution >= 4 is 17.2 Å². The number of likely N-dealkylation sites (N-methyl/N-ethyl adjacent to an activating group) is 1. The number of hydrogen-bond acceptors (Lipinski definition) is 4. The highest BCUT2D eigenvalue weighted by atomic mass is 32.1. The summed E-state index contributed by atoms with van der Waals surface area (Å²) in [6, 6.07) is 7.86. The Morgan fingerprint density at radius 2 is 2.11 bits per heavy atom. The number of amides is 1. The van der Waals surface area contributed by atoms with E-state index in [4.69, 9.17) is 4.74 Å². The van der Waals surface area contributed by atoms with Crippen molar-refractivity contribution in [3.8, 4) is 5.75 Å². The summed E-state index contributed by atoms with van der Waals surface area (Å²) in [5.41, 5.74) is 3.34. The van der Waals surface area contributed by atoms with E-state index in [1.165, 1.54) is 16.9 Å². The third-order valence-electron chi connectivity index (χ3n) is 2.71. The van der Waals surface area contributed by atoms with Crippen LogP contribution >= 0.6 is 11.3 Å². The zero-order chi connectivity index (χ0) is 13.7. The Balaban J connectivity index is 1.79. The summed E-state index contributed by atoms with van der Waals surface area (Å²) < 4.78 is 5.59. The monoisotopic (exact) mass is 276 g/mol. The largest absolute Gasteiger partial charge is 0.492 e. The van der Waals surface area contributed by atoms with Crippen LogP contribution in [0.25, 0.3) is 0 Å². The van der Waals surface area contributed by atoms with Crippen LogP contribution in [0.15, 0.2) is 35.2 Å². The van der Waals surface area contributed by atoms with Gasteiger partial charge >= 0.3 is 0 Å². The predicted octanol–water partition coefficient (Wildman–Crippen LogP) is 2.60. The number of carbonyl (C=O) groups excluding carboxylic acids is 1. The van der Waals surface area contributed by atoms with E-state index >= 15 is 0 Å². The second kappa shape index (κ2) is 6.33. The maximum absolute atomic E-state index is 11.9. The third-order valence-corrected chi connectivity index (χ3v) is 3.30. The van der Waals surface area contributed by atoms with Gasteiger partial charge in [0.05, 0.1) is 12.1 Å². The summed E-state index contributed by atoms with van der Waals surface area (Å²) >= 11 is 1.42. The van der Waals surface area contributed by atoms with Crippen molar-refractivity contribution in [3.63, 3.8) is 0 Å².